The van der Waals surface area contributed by atoms with E-state index in [1.54, 1.807) is 0 Å². The normalized spacial score (nSPS) is 14.7. The minimum absolute atomic E-state index is 0.380. The number of aromatic nitrogens is 1. The van der Waals surface area contributed by atoms with Crippen molar-refractivity contribution in [1.82, 2.24) is 10.3 Å². The maximum atomic E-state index is 13.6. The van der Waals surface area contributed by atoms with E-state index in [1.165, 1.54) is 23.5 Å². The first-order valence-electron chi connectivity index (χ1n) is 5.39. The maximum absolute atomic E-state index is 13.6. The lowest BCUT2D eigenvalue weighted by Crippen LogP contribution is -2.22. The topological polar surface area (TPSA) is 24.9 Å². The van der Waals surface area contributed by atoms with Gasteiger partial charge in [-0.1, -0.05) is 0 Å². The Kier molecular flexibility index (Phi) is 2.64. The number of nitrogens with one attached hydrogen (secondary N) is 1. The number of rotatable bonds is 1. The second-order valence-corrected chi connectivity index (χ2v) is 5.02. The minimum Gasteiger partial charge on any atom is -0.311 e. The van der Waals surface area contributed by atoms with Gasteiger partial charge < -0.3 is 5.32 Å². The van der Waals surface area contributed by atoms with Crippen molar-refractivity contribution < 1.29 is 8.78 Å². The molecule has 0 radical (unpaired) electrons. The largest absolute Gasteiger partial charge is 0.311 e. The van der Waals surface area contributed by atoms with Gasteiger partial charge in [0.15, 0.2) is 0 Å². The summed E-state index contributed by atoms with van der Waals surface area (Å²) in [6.07, 6.45) is 0.870. The highest BCUT2D eigenvalue weighted by Crippen LogP contribution is 2.31. The summed E-state index contributed by atoms with van der Waals surface area (Å²) >= 11 is 1.47. The quantitative estimate of drug-likeness (QED) is 0.844. The molecule has 0 unspecified atom stereocenters. The lowest BCUT2D eigenvalue weighted by molar-refractivity contribution is 0.585. The van der Waals surface area contributed by atoms with Crippen LogP contribution < -0.4 is 5.32 Å². The monoisotopic (exact) mass is 252 g/mol. The molecule has 0 bridgehead atoms. The van der Waals surface area contributed by atoms with Crippen LogP contribution in [0.1, 0.15) is 10.6 Å². The first-order chi connectivity index (χ1) is 8.24. The van der Waals surface area contributed by atoms with Crippen LogP contribution in [-0.4, -0.2) is 11.5 Å². The number of fused-ring (bicyclic) bond motifs is 1. The van der Waals surface area contributed by atoms with Gasteiger partial charge in [-0.25, -0.2) is 13.8 Å². The van der Waals surface area contributed by atoms with Crippen LogP contribution in [0.2, 0.25) is 0 Å². The highest BCUT2D eigenvalue weighted by molar-refractivity contribution is 7.15. The van der Waals surface area contributed by atoms with Crippen LogP contribution in [-0.2, 0) is 13.0 Å². The predicted octanol–water partition coefficient (Wildman–Crippen LogP) is 2.73. The molecular formula is C12H10F2N2S. The van der Waals surface area contributed by atoms with Crippen LogP contribution in [0, 0.1) is 11.6 Å². The van der Waals surface area contributed by atoms with Crippen molar-refractivity contribution in [2.24, 2.45) is 0 Å². The lowest BCUT2D eigenvalue weighted by atomic mass is 10.2. The summed E-state index contributed by atoms with van der Waals surface area (Å²) in [5.74, 6) is -1.11. The Morgan fingerprint density at radius 3 is 2.94 bits per heavy atom. The molecule has 17 heavy (non-hydrogen) atoms. The number of nitrogens with zero attached hydrogens (tertiary/aromatic N) is 1. The Hall–Kier alpha value is -1.33. The van der Waals surface area contributed by atoms with Gasteiger partial charge in [-0.3, -0.25) is 0 Å². The van der Waals surface area contributed by atoms with Gasteiger partial charge in [0.05, 0.1) is 5.69 Å². The molecule has 0 saturated carbocycles. The van der Waals surface area contributed by atoms with Crippen molar-refractivity contribution in [2.45, 2.75) is 13.0 Å². The van der Waals surface area contributed by atoms with E-state index in [0.29, 0.717) is 10.6 Å². The number of halogens is 2. The van der Waals surface area contributed by atoms with E-state index in [-0.39, 0.29) is 0 Å². The van der Waals surface area contributed by atoms with Crippen LogP contribution in [0.25, 0.3) is 10.6 Å². The second kappa shape index (κ2) is 4.16. The van der Waals surface area contributed by atoms with Crippen molar-refractivity contribution in [3.05, 3.63) is 40.4 Å². The summed E-state index contributed by atoms with van der Waals surface area (Å²) in [6.45, 7) is 1.69. The van der Waals surface area contributed by atoms with E-state index in [0.717, 1.165) is 36.1 Å². The summed E-state index contributed by atoms with van der Waals surface area (Å²) in [5.41, 5.74) is 1.42. The zero-order chi connectivity index (χ0) is 11.8. The molecule has 5 heteroatoms. The molecule has 88 valence electrons. The van der Waals surface area contributed by atoms with Crippen LogP contribution in [0.15, 0.2) is 18.2 Å². The first kappa shape index (κ1) is 10.8. The third-order valence-corrected chi connectivity index (χ3v) is 3.89. The minimum atomic E-state index is -0.561. The van der Waals surface area contributed by atoms with Crippen molar-refractivity contribution in [3.63, 3.8) is 0 Å². The molecule has 0 saturated heterocycles. The molecule has 2 aromatic rings. The zero-order valence-corrected chi connectivity index (χ0v) is 9.78. The third-order valence-electron chi connectivity index (χ3n) is 2.76. The van der Waals surface area contributed by atoms with E-state index in [2.05, 4.69) is 10.3 Å². The summed E-state index contributed by atoms with van der Waals surface area (Å²) < 4.78 is 26.4. The van der Waals surface area contributed by atoms with Crippen molar-refractivity contribution in [2.75, 3.05) is 6.54 Å². The molecule has 1 aromatic carbocycles. The Morgan fingerprint density at radius 2 is 2.18 bits per heavy atom. The van der Waals surface area contributed by atoms with Crippen molar-refractivity contribution in [1.29, 1.82) is 0 Å². The van der Waals surface area contributed by atoms with Crippen LogP contribution >= 0.6 is 11.3 Å². The molecule has 0 atom stereocenters. The number of hydrogen-bond acceptors (Lipinski definition) is 3. The Labute approximate surface area is 101 Å². The molecule has 1 aromatic heterocycles. The number of benzene rings is 1. The SMILES string of the molecule is Fc1ccc(-c2nc3c(s2)CNCC3)c(F)c1. The van der Waals surface area contributed by atoms with Gasteiger partial charge in [-0.2, -0.15) is 0 Å². The molecular weight excluding hydrogens is 242 g/mol. The van der Waals surface area contributed by atoms with E-state index < -0.39 is 11.6 Å². The first-order valence-corrected chi connectivity index (χ1v) is 6.20. The van der Waals surface area contributed by atoms with Gasteiger partial charge in [-0.05, 0) is 12.1 Å². The van der Waals surface area contributed by atoms with Crippen LogP contribution in [0.4, 0.5) is 8.78 Å². The highest BCUT2D eigenvalue weighted by atomic mass is 32.1. The molecule has 0 amide bonds. The van der Waals surface area contributed by atoms with E-state index in [9.17, 15) is 8.78 Å². The summed E-state index contributed by atoms with van der Waals surface area (Å²) in [5, 5.41) is 3.88. The van der Waals surface area contributed by atoms with Crippen molar-refractivity contribution >= 4 is 11.3 Å². The van der Waals surface area contributed by atoms with E-state index in [4.69, 9.17) is 0 Å². The maximum Gasteiger partial charge on any atom is 0.136 e. The van der Waals surface area contributed by atoms with Gasteiger partial charge in [-0.15, -0.1) is 11.3 Å². The molecule has 2 heterocycles. The molecule has 2 nitrogen and oxygen atoms in total. The summed E-state index contributed by atoms with van der Waals surface area (Å²) in [4.78, 5) is 5.58. The molecule has 1 N–H and O–H groups in total. The molecule has 3 rings (SSSR count). The number of hydrogen-bond donors (Lipinski definition) is 1. The molecule has 0 aliphatic carbocycles. The van der Waals surface area contributed by atoms with Crippen LogP contribution in [0.5, 0.6) is 0 Å². The van der Waals surface area contributed by atoms with E-state index >= 15 is 0 Å². The van der Waals surface area contributed by atoms with Crippen LogP contribution in [0.3, 0.4) is 0 Å². The van der Waals surface area contributed by atoms with E-state index in [1.807, 2.05) is 0 Å². The highest BCUT2D eigenvalue weighted by Gasteiger charge is 2.17. The van der Waals surface area contributed by atoms with Gasteiger partial charge >= 0.3 is 0 Å². The fourth-order valence-electron chi connectivity index (χ4n) is 1.90. The van der Waals surface area contributed by atoms with Gasteiger partial charge in [0.25, 0.3) is 0 Å². The molecule has 1 aliphatic rings. The molecule has 0 spiro atoms. The van der Waals surface area contributed by atoms with Gasteiger partial charge in [0.1, 0.15) is 16.6 Å². The predicted molar refractivity (Wildman–Crippen MR) is 62.9 cm³/mol. The standard InChI is InChI=1S/C12H10F2N2S/c13-7-1-2-8(9(14)5-7)12-16-10-3-4-15-6-11(10)17-12/h1-2,5,15H,3-4,6H2. The average molecular weight is 252 g/mol. The Morgan fingerprint density at radius 1 is 1.29 bits per heavy atom. The number of thiazole rings is 1. The molecule has 1 aliphatic heterocycles. The average Bonchev–Trinajstić information content (AvgIpc) is 2.72. The van der Waals surface area contributed by atoms with Gasteiger partial charge in [0.2, 0.25) is 0 Å². The smallest absolute Gasteiger partial charge is 0.136 e. The van der Waals surface area contributed by atoms with Gasteiger partial charge in [0, 0.05) is 36.0 Å². The summed E-state index contributed by atoms with van der Waals surface area (Å²) in [7, 11) is 0. The fraction of sp³-hybridized carbons (Fsp3) is 0.250. The van der Waals surface area contributed by atoms with Crippen molar-refractivity contribution in [3.8, 4) is 10.6 Å². The second-order valence-electron chi connectivity index (χ2n) is 3.94. The lowest BCUT2D eigenvalue weighted by Gasteiger charge is -2.09. The third kappa shape index (κ3) is 1.96. The molecule has 0 fully saturated rings. The summed E-state index contributed by atoms with van der Waals surface area (Å²) in [6, 6.07) is 3.60. The fourth-order valence-corrected chi connectivity index (χ4v) is 3.01. The Balaban J connectivity index is 2.06. The Bertz CT molecular complexity index is 542. The zero-order valence-electron chi connectivity index (χ0n) is 8.96.